The Morgan fingerprint density at radius 3 is 2.56 bits per heavy atom. The van der Waals surface area contributed by atoms with Crippen LogP contribution < -0.4 is 5.32 Å². The summed E-state index contributed by atoms with van der Waals surface area (Å²) >= 11 is 0. The number of nitrogens with zero attached hydrogens (tertiary/aromatic N) is 1. The topological polar surface area (TPSA) is 35.8 Å². The molecule has 0 aliphatic heterocycles. The Morgan fingerprint density at radius 2 is 1.94 bits per heavy atom. The molecule has 0 aliphatic rings. The standard InChI is InChI=1S/C14H20N2/c1-10-5-6-14(13(4)12(10)3)7-8-16-11(2)9-15/h5-6,11,16H,7-8H2,1-4H3. The Hall–Kier alpha value is -1.33. The number of nitriles is 1. The molecular formula is C14H20N2. The molecule has 2 nitrogen and oxygen atoms in total. The molecule has 0 bridgehead atoms. The first kappa shape index (κ1) is 12.7. The first-order valence-electron chi connectivity index (χ1n) is 5.75. The molecule has 2 heteroatoms. The third kappa shape index (κ3) is 3.08. The van der Waals surface area contributed by atoms with Crippen LogP contribution in [0.1, 0.15) is 29.2 Å². The Kier molecular flexibility index (Phi) is 4.52. The SMILES string of the molecule is Cc1ccc(CCNC(C)C#N)c(C)c1C. The van der Waals surface area contributed by atoms with Crippen molar-refractivity contribution in [3.05, 3.63) is 34.4 Å². The second-order valence-corrected chi connectivity index (χ2v) is 4.35. The van der Waals surface area contributed by atoms with Crippen LogP contribution in [0, 0.1) is 32.1 Å². The highest BCUT2D eigenvalue weighted by Gasteiger charge is 2.04. The molecule has 0 radical (unpaired) electrons. The molecular weight excluding hydrogens is 196 g/mol. The molecule has 16 heavy (non-hydrogen) atoms. The highest BCUT2D eigenvalue weighted by atomic mass is 14.9. The lowest BCUT2D eigenvalue weighted by Gasteiger charge is -2.12. The number of aryl methyl sites for hydroxylation is 1. The third-order valence-corrected chi connectivity index (χ3v) is 3.21. The van der Waals surface area contributed by atoms with E-state index in [9.17, 15) is 0 Å². The van der Waals surface area contributed by atoms with Gasteiger partial charge in [0.15, 0.2) is 0 Å². The molecule has 0 amide bonds. The van der Waals surface area contributed by atoms with Gasteiger partial charge in [-0.3, -0.25) is 0 Å². The molecule has 86 valence electrons. The second-order valence-electron chi connectivity index (χ2n) is 4.35. The van der Waals surface area contributed by atoms with Gasteiger partial charge in [0, 0.05) is 6.54 Å². The maximum absolute atomic E-state index is 8.65. The van der Waals surface area contributed by atoms with E-state index in [-0.39, 0.29) is 6.04 Å². The molecule has 1 atom stereocenters. The first-order valence-corrected chi connectivity index (χ1v) is 5.75. The smallest absolute Gasteiger partial charge is 0.0924 e. The predicted molar refractivity (Wildman–Crippen MR) is 67.4 cm³/mol. The van der Waals surface area contributed by atoms with Gasteiger partial charge in [0.25, 0.3) is 0 Å². The van der Waals surface area contributed by atoms with E-state index in [1.807, 2.05) is 6.92 Å². The molecule has 0 aromatic heterocycles. The fraction of sp³-hybridized carbons (Fsp3) is 0.500. The summed E-state index contributed by atoms with van der Waals surface area (Å²) in [4.78, 5) is 0. The van der Waals surface area contributed by atoms with Gasteiger partial charge in [-0.25, -0.2) is 0 Å². The normalized spacial score (nSPS) is 12.2. The van der Waals surface area contributed by atoms with Gasteiger partial charge in [0.1, 0.15) is 0 Å². The van der Waals surface area contributed by atoms with Gasteiger partial charge < -0.3 is 5.32 Å². The lowest BCUT2D eigenvalue weighted by Crippen LogP contribution is -2.26. The van der Waals surface area contributed by atoms with Gasteiger partial charge in [-0.15, -0.1) is 0 Å². The van der Waals surface area contributed by atoms with Gasteiger partial charge in [-0.1, -0.05) is 12.1 Å². The monoisotopic (exact) mass is 216 g/mol. The van der Waals surface area contributed by atoms with Crippen LogP contribution >= 0.6 is 0 Å². The zero-order valence-electron chi connectivity index (χ0n) is 10.6. The zero-order chi connectivity index (χ0) is 12.1. The van der Waals surface area contributed by atoms with E-state index in [0.717, 1.165) is 13.0 Å². The van der Waals surface area contributed by atoms with E-state index in [2.05, 4.69) is 44.3 Å². The number of hydrogen-bond donors (Lipinski definition) is 1. The average Bonchev–Trinajstić information content (AvgIpc) is 2.29. The molecule has 0 spiro atoms. The van der Waals surface area contributed by atoms with Crippen molar-refractivity contribution in [2.24, 2.45) is 0 Å². The van der Waals surface area contributed by atoms with E-state index in [0.29, 0.717) is 0 Å². The lowest BCUT2D eigenvalue weighted by atomic mass is 9.97. The number of rotatable bonds is 4. The molecule has 1 N–H and O–H groups in total. The van der Waals surface area contributed by atoms with Crippen LogP contribution in [0.3, 0.4) is 0 Å². The summed E-state index contributed by atoms with van der Waals surface area (Å²) in [6.07, 6.45) is 0.985. The van der Waals surface area contributed by atoms with E-state index in [1.165, 1.54) is 22.3 Å². The quantitative estimate of drug-likeness (QED) is 0.840. The highest BCUT2D eigenvalue weighted by molar-refractivity contribution is 5.38. The van der Waals surface area contributed by atoms with Crippen molar-refractivity contribution in [1.82, 2.24) is 5.32 Å². The van der Waals surface area contributed by atoms with Crippen LogP contribution in [0.15, 0.2) is 12.1 Å². The van der Waals surface area contributed by atoms with Gasteiger partial charge >= 0.3 is 0 Å². The van der Waals surface area contributed by atoms with Crippen molar-refractivity contribution < 1.29 is 0 Å². The van der Waals surface area contributed by atoms with Gasteiger partial charge in [0.2, 0.25) is 0 Å². The fourth-order valence-corrected chi connectivity index (χ4v) is 1.75. The number of benzene rings is 1. The Labute approximate surface area is 98.3 Å². The predicted octanol–water partition coefficient (Wildman–Crippen LogP) is 2.66. The van der Waals surface area contributed by atoms with E-state index < -0.39 is 0 Å². The zero-order valence-corrected chi connectivity index (χ0v) is 10.6. The summed E-state index contributed by atoms with van der Waals surface area (Å²) in [7, 11) is 0. The van der Waals surface area contributed by atoms with Crippen molar-refractivity contribution in [2.45, 2.75) is 40.2 Å². The Morgan fingerprint density at radius 1 is 1.25 bits per heavy atom. The largest absolute Gasteiger partial charge is 0.302 e. The van der Waals surface area contributed by atoms with E-state index in [1.54, 1.807) is 0 Å². The maximum atomic E-state index is 8.65. The second kappa shape index (κ2) is 5.67. The summed E-state index contributed by atoms with van der Waals surface area (Å²) in [6.45, 7) is 9.22. The van der Waals surface area contributed by atoms with Crippen molar-refractivity contribution in [1.29, 1.82) is 5.26 Å². The van der Waals surface area contributed by atoms with Crippen LogP contribution in [0.5, 0.6) is 0 Å². The molecule has 0 saturated carbocycles. The van der Waals surface area contributed by atoms with E-state index >= 15 is 0 Å². The fourth-order valence-electron chi connectivity index (χ4n) is 1.75. The summed E-state index contributed by atoms with van der Waals surface area (Å²) in [5.41, 5.74) is 5.48. The summed E-state index contributed by atoms with van der Waals surface area (Å²) in [5.74, 6) is 0. The van der Waals surface area contributed by atoms with Crippen molar-refractivity contribution in [3.8, 4) is 6.07 Å². The maximum Gasteiger partial charge on any atom is 0.0924 e. The average molecular weight is 216 g/mol. The lowest BCUT2D eigenvalue weighted by molar-refractivity contribution is 0.639. The molecule has 0 heterocycles. The van der Waals surface area contributed by atoms with Crippen LogP contribution in [-0.2, 0) is 6.42 Å². The molecule has 0 saturated heterocycles. The van der Waals surface area contributed by atoms with Gasteiger partial charge in [-0.2, -0.15) is 5.26 Å². The van der Waals surface area contributed by atoms with E-state index in [4.69, 9.17) is 5.26 Å². The van der Waals surface area contributed by atoms with Crippen LogP contribution in [0.2, 0.25) is 0 Å². The van der Waals surface area contributed by atoms with Crippen LogP contribution in [-0.4, -0.2) is 12.6 Å². The third-order valence-electron chi connectivity index (χ3n) is 3.21. The van der Waals surface area contributed by atoms with Gasteiger partial charge in [-0.05, 0) is 56.4 Å². The van der Waals surface area contributed by atoms with Crippen LogP contribution in [0.4, 0.5) is 0 Å². The van der Waals surface area contributed by atoms with Crippen molar-refractivity contribution >= 4 is 0 Å². The van der Waals surface area contributed by atoms with Crippen molar-refractivity contribution in [3.63, 3.8) is 0 Å². The van der Waals surface area contributed by atoms with Gasteiger partial charge in [0.05, 0.1) is 12.1 Å². The number of nitrogens with one attached hydrogen (secondary N) is 1. The molecule has 0 fully saturated rings. The van der Waals surface area contributed by atoms with Crippen molar-refractivity contribution in [2.75, 3.05) is 6.54 Å². The minimum atomic E-state index is -0.0631. The highest BCUT2D eigenvalue weighted by Crippen LogP contribution is 2.17. The summed E-state index contributed by atoms with van der Waals surface area (Å²) in [6, 6.07) is 6.47. The molecule has 1 aromatic rings. The number of hydrogen-bond acceptors (Lipinski definition) is 2. The Bertz CT molecular complexity index is 402. The summed E-state index contributed by atoms with van der Waals surface area (Å²) in [5, 5.41) is 11.8. The molecule has 1 aromatic carbocycles. The van der Waals surface area contributed by atoms with Crippen LogP contribution in [0.25, 0.3) is 0 Å². The molecule has 1 unspecified atom stereocenters. The Balaban J connectivity index is 2.62. The molecule has 1 rings (SSSR count). The summed E-state index contributed by atoms with van der Waals surface area (Å²) < 4.78 is 0. The molecule has 0 aliphatic carbocycles. The minimum Gasteiger partial charge on any atom is -0.302 e. The first-order chi connectivity index (χ1) is 7.56. The minimum absolute atomic E-state index is 0.0631.